The number of halogens is 1. The highest BCUT2D eigenvalue weighted by atomic mass is 19.1. The molecule has 2 aromatic rings. The molecule has 106 valence electrons. The summed E-state index contributed by atoms with van der Waals surface area (Å²) in [5, 5.41) is 0. The third kappa shape index (κ3) is 2.32. The van der Waals surface area contributed by atoms with Crippen molar-refractivity contribution in [3.05, 3.63) is 70.5 Å². The van der Waals surface area contributed by atoms with Crippen molar-refractivity contribution in [2.45, 2.75) is 13.1 Å². The van der Waals surface area contributed by atoms with Crippen LogP contribution < -0.4 is 5.73 Å². The largest absolute Gasteiger partial charge is 0.326 e. The molecule has 0 bridgehead atoms. The van der Waals surface area contributed by atoms with Crippen LogP contribution in [0.15, 0.2) is 42.5 Å². The van der Waals surface area contributed by atoms with E-state index in [1.54, 1.807) is 30.3 Å². The second kappa shape index (κ2) is 5.10. The lowest BCUT2D eigenvalue weighted by atomic mass is 10.1. The fourth-order valence-electron chi connectivity index (χ4n) is 2.49. The van der Waals surface area contributed by atoms with Gasteiger partial charge in [-0.15, -0.1) is 0 Å². The van der Waals surface area contributed by atoms with E-state index in [4.69, 9.17) is 5.73 Å². The molecule has 0 unspecified atom stereocenters. The summed E-state index contributed by atoms with van der Waals surface area (Å²) in [5.74, 6) is -1.13. The molecule has 0 aromatic heterocycles. The van der Waals surface area contributed by atoms with Gasteiger partial charge < -0.3 is 5.73 Å². The molecule has 5 heteroatoms. The van der Waals surface area contributed by atoms with Crippen LogP contribution in [-0.2, 0) is 13.1 Å². The molecule has 2 aromatic carbocycles. The van der Waals surface area contributed by atoms with Crippen molar-refractivity contribution in [1.29, 1.82) is 0 Å². The van der Waals surface area contributed by atoms with Gasteiger partial charge in [-0.1, -0.05) is 18.2 Å². The number of carbonyl (C=O) groups excluding carboxylic acids is 2. The molecule has 0 saturated heterocycles. The Balaban J connectivity index is 1.92. The number of fused-ring (bicyclic) bond motifs is 1. The van der Waals surface area contributed by atoms with Crippen molar-refractivity contribution in [2.24, 2.45) is 5.73 Å². The highest BCUT2D eigenvalue weighted by molar-refractivity contribution is 6.21. The molecule has 21 heavy (non-hydrogen) atoms. The SMILES string of the molecule is NCc1cc(F)cc(CN2C(=O)c3ccccc3C2=O)c1. The summed E-state index contributed by atoms with van der Waals surface area (Å²) in [7, 11) is 0. The second-order valence-electron chi connectivity index (χ2n) is 4.91. The maximum atomic E-state index is 13.5. The number of nitrogens with zero attached hydrogens (tertiary/aromatic N) is 1. The summed E-state index contributed by atoms with van der Waals surface area (Å²) in [6.07, 6.45) is 0. The standard InChI is InChI=1S/C16H13FN2O2/c17-12-6-10(8-18)5-11(7-12)9-19-15(20)13-3-1-2-4-14(13)16(19)21/h1-7H,8-9,18H2. The van der Waals surface area contributed by atoms with Gasteiger partial charge in [-0.05, 0) is 35.4 Å². The average Bonchev–Trinajstić information content (AvgIpc) is 2.72. The summed E-state index contributed by atoms with van der Waals surface area (Å²) in [6.45, 7) is 0.240. The van der Waals surface area contributed by atoms with Crippen molar-refractivity contribution in [2.75, 3.05) is 0 Å². The molecule has 0 spiro atoms. The molecule has 0 fully saturated rings. The van der Waals surface area contributed by atoms with E-state index in [1.807, 2.05) is 0 Å². The minimum Gasteiger partial charge on any atom is -0.326 e. The Morgan fingerprint density at radius 1 is 0.952 bits per heavy atom. The van der Waals surface area contributed by atoms with Gasteiger partial charge >= 0.3 is 0 Å². The number of rotatable bonds is 3. The Morgan fingerprint density at radius 2 is 1.52 bits per heavy atom. The van der Waals surface area contributed by atoms with E-state index in [-0.39, 0.29) is 24.9 Å². The molecule has 1 heterocycles. The summed E-state index contributed by atoms with van der Waals surface area (Å²) in [4.78, 5) is 25.6. The zero-order chi connectivity index (χ0) is 15.0. The number of carbonyl (C=O) groups is 2. The number of nitrogens with two attached hydrogens (primary N) is 1. The molecular weight excluding hydrogens is 271 g/mol. The van der Waals surface area contributed by atoms with Crippen LogP contribution in [0, 0.1) is 5.82 Å². The Bertz CT molecular complexity index is 708. The summed E-state index contributed by atoms with van der Waals surface area (Å²) < 4.78 is 13.5. The van der Waals surface area contributed by atoms with Crippen LogP contribution in [0.1, 0.15) is 31.8 Å². The highest BCUT2D eigenvalue weighted by Crippen LogP contribution is 2.24. The summed E-state index contributed by atoms with van der Waals surface area (Å²) >= 11 is 0. The van der Waals surface area contributed by atoms with E-state index in [9.17, 15) is 14.0 Å². The van der Waals surface area contributed by atoms with Gasteiger partial charge in [0.05, 0.1) is 17.7 Å². The maximum Gasteiger partial charge on any atom is 0.261 e. The first-order valence-electron chi connectivity index (χ1n) is 6.54. The fourth-order valence-corrected chi connectivity index (χ4v) is 2.49. The third-order valence-electron chi connectivity index (χ3n) is 3.47. The van der Waals surface area contributed by atoms with Crippen LogP contribution >= 0.6 is 0 Å². The Hall–Kier alpha value is -2.53. The van der Waals surface area contributed by atoms with Gasteiger partial charge in [0, 0.05) is 6.54 Å². The van der Waals surface area contributed by atoms with Gasteiger partial charge in [0.15, 0.2) is 0 Å². The van der Waals surface area contributed by atoms with E-state index < -0.39 is 5.82 Å². The smallest absolute Gasteiger partial charge is 0.261 e. The van der Waals surface area contributed by atoms with Crippen molar-refractivity contribution >= 4 is 11.8 Å². The number of imide groups is 1. The molecule has 2 N–H and O–H groups in total. The molecule has 1 aliphatic heterocycles. The van der Waals surface area contributed by atoms with Crippen LogP contribution in [0.4, 0.5) is 4.39 Å². The average molecular weight is 284 g/mol. The molecule has 0 atom stereocenters. The van der Waals surface area contributed by atoms with Gasteiger partial charge in [0.1, 0.15) is 5.82 Å². The number of hydrogen-bond acceptors (Lipinski definition) is 3. The van der Waals surface area contributed by atoms with Crippen molar-refractivity contribution in [3.8, 4) is 0 Å². The summed E-state index contributed by atoms with van der Waals surface area (Å²) in [5.41, 5.74) is 7.45. The maximum absolute atomic E-state index is 13.5. The minimum atomic E-state index is -0.426. The highest BCUT2D eigenvalue weighted by Gasteiger charge is 2.34. The van der Waals surface area contributed by atoms with Crippen LogP contribution in [-0.4, -0.2) is 16.7 Å². The predicted octanol–water partition coefficient (Wildman–Crippen LogP) is 2.08. The van der Waals surface area contributed by atoms with Gasteiger partial charge in [0.25, 0.3) is 11.8 Å². The van der Waals surface area contributed by atoms with Gasteiger partial charge in [0.2, 0.25) is 0 Å². The van der Waals surface area contributed by atoms with Crippen LogP contribution in [0.3, 0.4) is 0 Å². The normalized spacial score (nSPS) is 13.7. The number of hydrogen-bond donors (Lipinski definition) is 1. The summed E-state index contributed by atoms with van der Waals surface area (Å²) in [6, 6.07) is 11.0. The molecule has 3 rings (SSSR count). The Kier molecular flexibility index (Phi) is 3.27. The van der Waals surface area contributed by atoms with E-state index >= 15 is 0 Å². The second-order valence-corrected chi connectivity index (χ2v) is 4.91. The third-order valence-corrected chi connectivity index (χ3v) is 3.47. The van der Waals surface area contributed by atoms with Gasteiger partial charge in [-0.3, -0.25) is 14.5 Å². The molecular formula is C16H13FN2O2. The van der Waals surface area contributed by atoms with Crippen molar-refractivity contribution < 1.29 is 14.0 Å². The quantitative estimate of drug-likeness (QED) is 0.878. The number of amides is 2. The Labute approximate surface area is 121 Å². The van der Waals surface area contributed by atoms with Crippen LogP contribution in [0.2, 0.25) is 0 Å². The zero-order valence-electron chi connectivity index (χ0n) is 11.2. The van der Waals surface area contributed by atoms with Crippen molar-refractivity contribution in [3.63, 3.8) is 0 Å². The van der Waals surface area contributed by atoms with Gasteiger partial charge in [-0.2, -0.15) is 0 Å². The van der Waals surface area contributed by atoms with E-state index in [0.29, 0.717) is 22.3 Å². The first-order chi connectivity index (χ1) is 10.1. The molecule has 0 radical (unpaired) electrons. The molecule has 2 amide bonds. The molecule has 0 saturated carbocycles. The first-order valence-corrected chi connectivity index (χ1v) is 6.54. The predicted molar refractivity (Wildman–Crippen MR) is 74.9 cm³/mol. The lowest BCUT2D eigenvalue weighted by Gasteiger charge is -2.14. The topological polar surface area (TPSA) is 63.4 Å². The van der Waals surface area contributed by atoms with E-state index in [2.05, 4.69) is 0 Å². The lowest BCUT2D eigenvalue weighted by Crippen LogP contribution is -2.29. The number of benzene rings is 2. The van der Waals surface area contributed by atoms with Crippen molar-refractivity contribution in [1.82, 2.24) is 4.90 Å². The first kappa shape index (κ1) is 13.5. The van der Waals surface area contributed by atoms with Crippen LogP contribution in [0.5, 0.6) is 0 Å². The van der Waals surface area contributed by atoms with Gasteiger partial charge in [-0.25, -0.2) is 4.39 Å². The molecule has 1 aliphatic rings. The minimum absolute atomic E-state index is 0.0388. The van der Waals surface area contributed by atoms with Crippen LogP contribution in [0.25, 0.3) is 0 Å². The Morgan fingerprint density at radius 3 is 2.10 bits per heavy atom. The van der Waals surface area contributed by atoms with E-state index in [1.165, 1.54) is 12.1 Å². The molecule has 0 aliphatic carbocycles. The zero-order valence-corrected chi connectivity index (χ0v) is 11.2. The monoisotopic (exact) mass is 284 g/mol. The fraction of sp³-hybridized carbons (Fsp3) is 0.125. The molecule has 4 nitrogen and oxygen atoms in total. The van der Waals surface area contributed by atoms with E-state index in [0.717, 1.165) is 4.90 Å². The lowest BCUT2D eigenvalue weighted by molar-refractivity contribution is 0.0642.